The Morgan fingerprint density at radius 1 is 1.18 bits per heavy atom. The third kappa shape index (κ3) is 4.22. The number of nitrogens with one attached hydrogen (secondary N) is 1. The van der Waals surface area contributed by atoms with E-state index >= 15 is 4.39 Å². The van der Waals surface area contributed by atoms with Crippen LogP contribution in [0.2, 0.25) is 5.02 Å². The van der Waals surface area contributed by atoms with Crippen LogP contribution in [0.4, 0.5) is 10.1 Å². The van der Waals surface area contributed by atoms with E-state index in [2.05, 4.69) is 31.0 Å². The molecule has 6 rings (SSSR count). The van der Waals surface area contributed by atoms with Crippen LogP contribution in [0.5, 0.6) is 0 Å². The summed E-state index contributed by atoms with van der Waals surface area (Å²) in [5.41, 5.74) is 2.35. The summed E-state index contributed by atoms with van der Waals surface area (Å²) in [4.78, 5) is 32.2. The van der Waals surface area contributed by atoms with E-state index in [1.54, 1.807) is 42.2 Å². The average molecular weight is 535 g/mol. The zero-order valence-corrected chi connectivity index (χ0v) is 20.8. The first-order valence-corrected chi connectivity index (χ1v) is 12.2. The van der Waals surface area contributed by atoms with Crippen molar-refractivity contribution in [3.63, 3.8) is 0 Å². The number of aromatic nitrogens is 6. The van der Waals surface area contributed by atoms with Gasteiger partial charge in [-0.25, -0.2) is 4.39 Å². The van der Waals surface area contributed by atoms with E-state index in [0.29, 0.717) is 47.9 Å². The molecular weight excluding hydrogens is 515 g/mol. The summed E-state index contributed by atoms with van der Waals surface area (Å²) in [6, 6.07) is 9.15. The number of hydrogen-bond donors (Lipinski definition) is 1. The number of nitrogens with zero attached hydrogens (tertiary/aromatic N) is 7. The maximum Gasteiger partial charge on any atom is 0.247 e. The van der Waals surface area contributed by atoms with Crippen molar-refractivity contribution in [1.29, 1.82) is 0 Å². The Balaban J connectivity index is 1.22. The van der Waals surface area contributed by atoms with E-state index in [1.165, 1.54) is 23.2 Å². The lowest BCUT2D eigenvalue weighted by Crippen LogP contribution is -2.48. The molecule has 0 unspecified atom stereocenters. The van der Waals surface area contributed by atoms with E-state index in [0.717, 1.165) is 5.56 Å². The highest BCUT2D eigenvalue weighted by Crippen LogP contribution is 2.40. The number of fused-ring (bicyclic) bond motifs is 1. The number of benzene rings is 2. The monoisotopic (exact) mass is 534 g/mol. The van der Waals surface area contributed by atoms with Gasteiger partial charge >= 0.3 is 0 Å². The molecule has 2 aliphatic rings. The summed E-state index contributed by atoms with van der Waals surface area (Å²) in [7, 11) is 0. The molecule has 13 heteroatoms. The SMILES string of the molecule is Cc1nc(-c2ccc(NC(=O)[C@@H]3CC[C@@H]4CC(c5c(-n6cnnn6)ccc(Cl)c5F)=CC(=O)N43)cc2)no1. The van der Waals surface area contributed by atoms with E-state index in [9.17, 15) is 9.59 Å². The average Bonchev–Trinajstić information content (AvgIpc) is 3.67. The molecule has 1 saturated heterocycles. The van der Waals surface area contributed by atoms with Crippen molar-refractivity contribution >= 4 is 34.7 Å². The number of anilines is 1. The topological polar surface area (TPSA) is 132 Å². The van der Waals surface area contributed by atoms with Crippen LogP contribution in [0.1, 0.15) is 30.7 Å². The second-order valence-electron chi connectivity index (χ2n) is 9.08. The third-order valence-corrected chi connectivity index (χ3v) is 7.03. The van der Waals surface area contributed by atoms with Crippen LogP contribution in [0.3, 0.4) is 0 Å². The number of tetrazole rings is 1. The van der Waals surface area contributed by atoms with Gasteiger partial charge in [-0.1, -0.05) is 16.8 Å². The van der Waals surface area contributed by atoms with E-state index in [1.807, 2.05) is 0 Å². The molecule has 1 N–H and O–H groups in total. The minimum absolute atomic E-state index is 0.0724. The van der Waals surface area contributed by atoms with Crippen molar-refractivity contribution in [1.82, 2.24) is 35.2 Å². The van der Waals surface area contributed by atoms with Crippen molar-refractivity contribution < 1.29 is 18.5 Å². The van der Waals surface area contributed by atoms with Gasteiger partial charge in [0.25, 0.3) is 0 Å². The molecule has 0 radical (unpaired) electrons. The highest BCUT2D eigenvalue weighted by atomic mass is 35.5. The minimum atomic E-state index is -0.654. The molecule has 2 aromatic heterocycles. The van der Waals surface area contributed by atoms with Gasteiger partial charge in [0, 0.05) is 35.9 Å². The van der Waals surface area contributed by atoms with Gasteiger partial charge in [0.2, 0.25) is 23.5 Å². The summed E-state index contributed by atoms with van der Waals surface area (Å²) in [6.07, 6.45) is 4.16. The maximum atomic E-state index is 15.2. The predicted octanol–water partition coefficient (Wildman–Crippen LogP) is 3.60. The van der Waals surface area contributed by atoms with Crippen LogP contribution in [0.15, 0.2) is 53.3 Å². The summed E-state index contributed by atoms with van der Waals surface area (Å²) < 4.78 is 21.6. The fraction of sp³-hybridized carbons (Fsp3) is 0.240. The molecule has 2 aromatic carbocycles. The molecule has 4 heterocycles. The van der Waals surface area contributed by atoms with E-state index in [-0.39, 0.29) is 28.4 Å². The lowest BCUT2D eigenvalue weighted by molar-refractivity contribution is -0.135. The van der Waals surface area contributed by atoms with Gasteiger partial charge in [-0.3, -0.25) is 9.59 Å². The van der Waals surface area contributed by atoms with Gasteiger partial charge in [-0.15, -0.1) is 5.10 Å². The van der Waals surface area contributed by atoms with E-state index in [4.69, 9.17) is 16.1 Å². The Morgan fingerprint density at radius 2 is 2.00 bits per heavy atom. The van der Waals surface area contributed by atoms with Gasteiger partial charge in [0.15, 0.2) is 5.82 Å². The molecule has 192 valence electrons. The zero-order valence-electron chi connectivity index (χ0n) is 20.0. The second-order valence-corrected chi connectivity index (χ2v) is 9.49. The van der Waals surface area contributed by atoms with Crippen molar-refractivity contribution in [3.05, 3.63) is 71.1 Å². The molecule has 2 aliphatic heterocycles. The lowest BCUT2D eigenvalue weighted by Gasteiger charge is -2.33. The number of rotatable bonds is 5. The molecule has 0 bridgehead atoms. The van der Waals surface area contributed by atoms with Gasteiger partial charge < -0.3 is 14.7 Å². The van der Waals surface area contributed by atoms with Crippen molar-refractivity contribution in [3.8, 4) is 17.1 Å². The summed E-state index contributed by atoms with van der Waals surface area (Å²) in [6.45, 7) is 1.71. The maximum absolute atomic E-state index is 15.2. The largest absolute Gasteiger partial charge is 0.339 e. The molecule has 0 aliphatic carbocycles. The first-order valence-electron chi connectivity index (χ1n) is 11.9. The molecule has 11 nitrogen and oxygen atoms in total. The Hall–Kier alpha value is -4.45. The smallest absolute Gasteiger partial charge is 0.247 e. The highest BCUT2D eigenvalue weighted by molar-refractivity contribution is 6.31. The molecule has 38 heavy (non-hydrogen) atoms. The van der Waals surface area contributed by atoms with Crippen LogP contribution in [0.25, 0.3) is 22.6 Å². The van der Waals surface area contributed by atoms with Crippen molar-refractivity contribution in [2.75, 3.05) is 5.32 Å². The third-order valence-electron chi connectivity index (χ3n) is 6.74. The zero-order chi connectivity index (χ0) is 26.4. The molecule has 0 saturated carbocycles. The number of carbonyl (C=O) groups excluding carboxylic acids is 2. The number of aryl methyl sites for hydroxylation is 1. The van der Waals surface area contributed by atoms with Gasteiger partial charge in [-0.2, -0.15) is 9.67 Å². The summed E-state index contributed by atoms with van der Waals surface area (Å²) >= 11 is 6.08. The fourth-order valence-electron chi connectivity index (χ4n) is 5.04. The van der Waals surface area contributed by atoms with Crippen LogP contribution >= 0.6 is 11.6 Å². The highest BCUT2D eigenvalue weighted by Gasteiger charge is 2.43. The fourth-order valence-corrected chi connectivity index (χ4v) is 5.20. The Bertz CT molecular complexity index is 1570. The van der Waals surface area contributed by atoms with Gasteiger partial charge in [-0.05, 0) is 71.7 Å². The van der Waals surface area contributed by atoms with Crippen molar-refractivity contribution in [2.24, 2.45) is 0 Å². The lowest BCUT2D eigenvalue weighted by atomic mass is 9.92. The summed E-state index contributed by atoms with van der Waals surface area (Å²) in [5.74, 6) is -0.386. The Morgan fingerprint density at radius 3 is 2.71 bits per heavy atom. The normalized spacial score (nSPS) is 18.9. The molecular formula is C25H20ClFN8O3. The molecule has 1 fully saturated rings. The first kappa shape index (κ1) is 23.9. The van der Waals surface area contributed by atoms with Crippen LogP contribution < -0.4 is 5.32 Å². The number of halogens is 2. The Kier molecular flexibility index (Phi) is 5.95. The number of amides is 2. The van der Waals surface area contributed by atoms with Crippen molar-refractivity contribution in [2.45, 2.75) is 38.3 Å². The first-order chi connectivity index (χ1) is 18.4. The minimum Gasteiger partial charge on any atom is -0.339 e. The van der Waals surface area contributed by atoms with Crippen LogP contribution in [-0.4, -0.2) is 59.1 Å². The van der Waals surface area contributed by atoms with Gasteiger partial charge in [0.1, 0.15) is 12.4 Å². The Labute approximate surface area is 220 Å². The molecule has 0 spiro atoms. The summed E-state index contributed by atoms with van der Waals surface area (Å²) in [5, 5.41) is 17.8. The van der Waals surface area contributed by atoms with Crippen LogP contribution in [0, 0.1) is 12.7 Å². The molecule has 2 atom stereocenters. The number of hydrogen-bond acceptors (Lipinski definition) is 8. The van der Waals surface area contributed by atoms with Gasteiger partial charge in [0.05, 0.1) is 10.7 Å². The molecule has 4 aromatic rings. The standard InChI is InChI=1S/C25H20ClFN8O3/c1-13-29-24(31-38-13)14-2-4-16(5-3-14)30-25(37)20-8-6-17-10-15(11-21(36)35(17)20)22-19(34-12-28-32-33-34)9-7-18(26)23(22)27/h2-5,7,9,11-12,17,20H,6,8,10H2,1H3,(H,30,37)/t17-,20+/m1/s1. The second kappa shape index (κ2) is 9.45. The van der Waals surface area contributed by atoms with Crippen LogP contribution in [-0.2, 0) is 9.59 Å². The predicted molar refractivity (Wildman–Crippen MR) is 133 cm³/mol. The van der Waals surface area contributed by atoms with E-state index < -0.39 is 11.9 Å². The quantitative estimate of drug-likeness (QED) is 0.411. The molecule has 2 amide bonds. The number of carbonyl (C=O) groups is 2.